The van der Waals surface area contributed by atoms with Gasteiger partial charge in [0.1, 0.15) is 5.84 Å². The highest BCUT2D eigenvalue weighted by atomic mass is 32.2. The first kappa shape index (κ1) is 14.6. The number of rotatable bonds is 6. The summed E-state index contributed by atoms with van der Waals surface area (Å²) < 4.78 is 0.404. The van der Waals surface area contributed by atoms with E-state index in [0.29, 0.717) is 10.6 Å². The van der Waals surface area contributed by atoms with E-state index in [2.05, 4.69) is 29.2 Å². The number of hydrogen-bond acceptors (Lipinski definition) is 4. The van der Waals surface area contributed by atoms with Gasteiger partial charge in [-0.1, -0.05) is 19.0 Å². The molecule has 1 saturated heterocycles. The Kier molecular flexibility index (Phi) is 5.13. The summed E-state index contributed by atoms with van der Waals surface area (Å²) in [5.41, 5.74) is 5.40. The zero-order valence-corrected chi connectivity index (χ0v) is 11.9. The van der Waals surface area contributed by atoms with Crippen LogP contribution < -0.4 is 11.1 Å². The Morgan fingerprint density at radius 3 is 2.82 bits per heavy atom. The molecule has 0 saturated carbocycles. The Labute approximate surface area is 108 Å². The van der Waals surface area contributed by atoms with Crippen molar-refractivity contribution in [3.05, 3.63) is 0 Å². The molecule has 1 unspecified atom stereocenters. The summed E-state index contributed by atoms with van der Waals surface area (Å²) in [7, 11) is 0. The lowest BCUT2D eigenvalue weighted by atomic mass is 9.88. The number of thioether (sulfide) groups is 1. The van der Waals surface area contributed by atoms with Crippen LogP contribution in [0.1, 0.15) is 40.0 Å². The van der Waals surface area contributed by atoms with Crippen molar-refractivity contribution in [2.75, 3.05) is 18.8 Å². The minimum atomic E-state index is -0.245. The van der Waals surface area contributed by atoms with Gasteiger partial charge in [0, 0.05) is 16.7 Å². The third kappa shape index (κ3) is 4.39. The third-order valence-electron chi connectivity index (χ3n) is 3.53. The van der Waals surface area contributed by atoms with Gasteiger partial charge in [-0.15, -0.1) is 0 Å². The second-order valence-electron chi connectivity index (χ2n) is 5.70. The van der Waals surface area contributed by atoms with Crippen molar-refractivity contribution in [3.63, 3.8) is 0 Å². The predicted octanol–water partition coefficient (Wildman–Crippen LogP) is 2.02. The molecule has 0 radical (unpaired) electrons. The molecule has 1 heterocycles. The number of nitrogens with two attached hydrogens (primary N) is 1. The summed E-state index contributed by atoms with van der Waals surface area (Å²) >= 11 is 2.06. The van der Waals surface area contributed by atoms with Crippen LogP contribution in [0.2, 0.25) is 0 Å². The number of oxime groups is 1. The molecule has 4 N–H and O–H groups in total. The number of nitrogens with one attached hydrogen (secondary N) is 1. The van der Waals surface area contributed by atoms with E-state index in [1.807, 2.05) is 13.8 Å². The van der Waals surface area contributed by atoms with Crippen LogP contribution in [-0.2, 0) is 0 Å². The molecular weight excluding hydrogens is 234 g/mol. The van der Waals surface area contributed by atoms with Gasteiger partial charge >= 0.3 is 0 Å². The molecule has 0 bridgehead atoms. The fourth-order valence-corrected chi connectivity index (χ4v) is 3.27. The second kappa shape index (κ2) is 5.96. The molecule has 0 amide bonds. The molecule has 1 rings (SSSR count). The minimum Gasteiger partial charge on any atom is -0.409 e. The zero-order chi connectivity index (χ0) is 12.9. The van der Waals surface area contributed by atoms with Crippen LogP contribution >= 0.6 is 11.8 Å². The van der Waals surface area contributed by atoms with Crippen LogP contribution in [0.5, 0.6) is 0 Å². The lowest BCUT2D eigenvalue weighted by molar-refractivity contribution is 0.304. The van der Waals surface area contributed by atoms with Gasteiger partial charge in [0.2, 0.25) is 0 Å². The lowest BCUT2D eigenvalue weighted by Crippen LogP contribution is -2.38. The summed E-state index contributed by atoms with van der Waals surface area (Å²) in [4.78, 5) is 0. The fourth-order valence-electron chi connectivity index (χ4n) is 1.99. The lowest BCUT2D eigenvalue weighted by Gasteiger charge is -2.26. The zero-order valence-electron chi connectivity index (χ0n) is 11.1. The van der Waals surface area contributed by atoms with Crippen molar-refractivity contribution in [3.8, 4) is 0 Å². The van der Waals surface area contributed by atoms with Crippen LogP contribution in [0, 0.1) is 5.41 Å². The van der Waals surface area contributed by atoms with Crippen LogP contribution in [0.4, 0.5) is 0 Å². The largest absolute Gasteiger partial charge is 0.409 e. The van der Waals surface area contributed by atoms with Gasteiger partial charge < -0.3 is 16.3 Å². The number of nitrogens with zero attached hydrogens (tertiary/aromatic N) is 1. The molecule has 0 aromatic carbocycles. The number of amidine groups is 1. The van der Waals surface area contributed by atoms with E-state index in [4.69, 9.17) is 10.9 Å². The highest BCUT2D eigenvalue weighted by molar-refractivity contribution is 8.00. The Morgan fingerprint density at radius 2 is 2.29 bits per heavy atom. The highest BCUT2D eigenvalue weighted by Gasteiger charge is 2.29. The predicted molar refractivity (Wildman–Crippen MR) is 74.8 cm³/mol. The standard InChI is InChI=1S/C12H25N3OS/c1-11(2,10(13)15-16)6-7-14-9-12(3)5-4-8-17-12/h14,16H,4-9H2,1-3H3,(H2,13,15). The molecule has 5 heteroatoms. The molecule has 0 aromatic heterocycles. The van der Waals surface area contributed by atoms with E-state index in [9.17, 15) is 0 Å². The summed E-state index contributed by atoms with van der Waals surface area (Å²) in [5.74, 6) is 1.59. The van der Waals surface area contributed by atoms with E-state index in [-0.39, 0.29) is 5.41 Å². The first-order valence-corrected chi connectivity index (χ1v) is 7.21. The Bertz CT molecular complexity index is 273. The molecular formula is C12H25N3OS. The summed E-state index contributed by atoms with van der Waals surface area (Å²) in [6.45, 7) is 8.27. The van der Waals surface area contributed by atoms with Crippen LogP contribution in [0.15, 0.2) is 5.16 Å². The first-order chi connectivity index (χ1) is 7.90. The average Bonchev–Trinajstić information content (AvgIpc) is 2.71. The van der Waals surface area contributed by atoms with Gasteiger partial charge in [-0.25, -0.2) is 0 Å². The molecule has 4 nitrogen and oxygen atoms in total. The van der Waals surface area contributed by atoms with E-state index in [1.165, 1.54) is 18.6 Å². The maximum absolute atomic E-state index is 8.68. The average molecular weight is 259 g/mol. The van der Waals surface area contributed by atoms with Crippen LogP contribution in [0.25, 0.3) is 0 Å². The van der Waals surface area contributed by atoms with Gasteiger partial charge in [-0.05, 0) is 38.5 Å². The Balaban J connectivity index is 2.24. The quantitative estimate of drug-likeness (QED) is 0.224. The van der Waals surface area contributed by atoms with Crippen LogP contribution in [-0.4, -0.2) is 34.6 Å². The molecule has 17 heavy (non-hydrogen) atoms. The van der Waals surface area contributed by atoms with E-state index >= 15 is 0 Å². The van der Waals surface area contributed by atoms with Crippen molar-refractivity contribution in [2.45, 2.75) is 44.8 Å². The summed E-state index contributed by atoms with van der Waals surface area (Å²) in [5, 5.41) is 15.3. The van der Waals surface area contributed by atoms with E-state index in [1.54, 1.807) is 0 Å². The van der Waals surface area contributed by atoms with Gasteiger partial charge in [-0.3, -0.25) is 0 Å². The van der Waals surface area contributed by atoms with Crippen molar-refractivity contribution in [1.82, 2.24) is 5.32 Å². The van der Waals surface area contributed by atoms with Crippen molar-refractivity contribution in [2.24, 2.45) is 16.3 Å². The molecule has 0 spiro atoms. The van der Waals surface area contributed by atoms with E-state index < -0.39 is 0 Å². The molecule has 1 atom stereocenters. The molecule has 100 valence electrons. The number of hydrogen-bond donors (Lipinski definition) is 3. The first-order valence-electron chi connectivity index (χ1n) is 6.22. The molecule has 0 aliphatic carbocycles. The highest BCUT2D eigenvalue weighted by Crippen LogP contribution is 2.36. The van der Waals surface area contributed by atoms with Crippen molar-refractivity contribution < 1.29 is 5.21 Å². The Morgan fingerprint density at radius 1 is 1.59 bits per heavy atom. The smallest absolute Gasteiger partial charge is 0.144 e. The van der Waals surface area contributed by atoms with Crippen molar-refractivity contribution >= 4 is 17.6 Å². The maximum Gasteiger partial charge on any atom is 0.144 e. The van der Waals surface area contributed by atoms with Crippen LogP contribution in [0.3, 0.4) is 0 Å². The SMILES string of the molecule is CC1(CNCCC(C)(C)C(N)=NO)CCCS1. The van der Waals surface area contributed by atoms with Gasteiger partial charge in [-0.2, -0.15) is 11.8 Å². The van der Waals surface area contributed by atoms with Gasteiger partial charge in [0.05, 0.1) is 0 Å². The van der Waals surface area contributed by atoms with E-state index in [0.717, 1.165) is 19.5 Å². The topological polar surface area (TPSA) is 70.6 Å². The summed E-state index contributed by atoms with van der Waals surface area (Å²) in [6, 6.07) is 0. The normalized spacial score (nSPS) is 26.4. The molecule has 0 aromatic rings. The maximum atomic E-state index is 8.68. The Hall–Kier alpha value is -0.420. The molecule has 1 fully saturated rings. The summed E-state index contributed by atoms with van der Waals surface area (Å²) in [6.07, 6.45) is 3.51. The minimum absolute atomic E-state index is 0.245. The van der Waals surface area contributed by atoms with Gasteiger partial charge in [0.25, 0.3) is 0 Å². The second-order valence-corrected chi connectivity index (χ2v) is 7.38. The fraction of sp³-hybridized carbons (Fsp3) is 0.917. The monoisotopic (exact) mass is 259 g/mol. The van der Waals surface area contributed by atoms with Gasteiger partial charge in [0.15, 0.2) is 0 Å². The molecule has 1 aliphatic heterocycles. The van der Waals surface area contributed by atoms with Crippen molar-refractivity contribution in [1.29, 1.82) is 0 Å². The third-order valence-corrected chi connectivity index (χ3v) is 5.07. The molecule has 1 aliphatic rings.